The molecule has 3 saturated carbocycles. The van der Waals surface area contributed by atoms with Crippen LogP contribution in [0.5, 0.6) is 0 Å². The van der Waals surface area contributed by atoms with Crippen molar-refractivity contribution in [2.45, 2.75) is 99.0 Å². The molecular formula is C33H48N2O5S. The number of carbonyl (C=O) groups excluding carboxylic acids is 2. The van der Waals surface area contributed by atoms with Gasteiger partial charge in [-0.3, -0.25) is 9.59 Å². The van der Waals surface area contributed by atoms with E-state index in [1.165, 1.54) is 10.6 Å². The number of hydrogen-bond donors (Lipinski definition) is 1. The average molecular weight is 585 g/mol. The molecule has 5 rings (SSSR count). The average Bonchev–Trinajstić information content (AvgIpc) is 2.86. The highest BCUT2D eigenvalue weighted by molar-refractivity contribution is 7.88. The number of carbonyl (C=O) groups is 2. The Labute approximate surface area is 246 Å². The smallest absolute Gasteiger partial charge is 0.210 e. The lowest BCUT2D eigenvalue weighted by molar-refractivity contribution is -0.243. The fraction of sp³-hybridized carbons (Fsp3) is 0.788. The Kier molecular flexibility index (Phi) is 6.45. The lowest BCUT2D eigenvalue weighted by atomic mass is 9.33. The summed E-state index contributed by atoms with van der Waals surface area (Å²) in [5.74, 6) is -0.777. The molecule has 0 amide bonds. The van der Waals surface area contributed by atoms with Crippen molar-refractivity contribution >= 4 is 21.6 Å². The molecule has 41 heavy (non-hydrogen) atoms. The van der Waals surface area contributed by atoms with Gasteiger partial charge in [-0.25, -0.2) is 12.7 Å². The maximum Gasteiger partial charge on any atom is 0.210 e. The van der Waals surface area contributed by atoms with Crippen LogP contribution in [0.15, 0.2) is 23.3 Å². The minimum absolute atomic E-state index is 0.0557. The number of aliphatic hydroxyl groups is 1. The Balaban J connectivity index is 1.66. The molecule has 8 heteroatoms. The molecule has 0 bridgehead atoms. The summed E-state index contributed by atoms with van der Waals surface area (Å²) in [7, 11) is -1.76. The highest BCUT2D eigenvalue weighted by Crippen LogP contribution is 2.75. The highest BCUT2D eigenvalue weighted by atomic mass is 32.2. The van der Waals surface area contributed by atoms with Crippen LogP contribution < -0.4 is 0 Å². The van der Waals surface area contributed by atoms with E-state index >= 15 is 0 Å². The van der Waals surface area contributed by atoms with Gasteiger partial charge in [-0.15, -0.1) is 0 Å². The van der Waals surface area contributed by atoms with Crippen LogP contribution in [0.4, 0.5) is 0 Å². The van der Waals surface area contributed by atoms with E-state index in [1.807, 2.05) is 19.9 Å². The Morgan fingerprint density at radius 2 is 1.61 bits per heavy atom. The first-order valence-corrected chi connectivity index (χ1v) is 17.0. The quantitative estimate of drug-likeness (QED) is 0.487. The maximum absolute atomic E-state index is 14.6. The van der Waals surface area contributed by atoms with Gasteiger partial charge in [0.1, 0.15) is 11.7 Å². The first kappa shape index (κ1) is 30.6. The van der Waals surface area contributed by atoms with Crippen LogP contribution in [0.25, 0.3) is 0 Å². The third-order valence-corrected chi connectivity index (χ3v) is 14.8. The first-order valence-electron chi connectivity index (χ1n) is 15.1. The van der Waals surface area contributed by atoms with Crippen LogP contribution >= 0.6 is 0 Å². The van der Waals surface area contributed by atoms with E-state index in [0.717, 1.165) is 37.7 Å². The van der Waals surface area contributed by atoms with Crippen molar-refractivity contribution in [2.24, 2.45) is 44.3 Å². The number of nitrogens with zero attached hydrogens (tertiary/aromatic N) is 2. The molecule has 0 aliphatic heterocycles. The van der Waals surface area contributed by atoms with Crippen LogP contribution in [-0.2, 0) is 19.6 Å². The number of ketones is 2. The monoisotopic (exact) mass is 584 g/mol. The fourth-order valence-corrected chi connectivity index (χ4v) is 11.2. The van der Waals surface area contributed by atoms with Crippen molar-refractivity contribution < 1.29 is 23.1 Å². The lowest BCUT2D eigenvalue weighted by Gasteiger charge is -2.71. The van der Waals surface area contributed by atoms with Crippen molar-refractivity contribution in [3.05, 3.63) is 23.3 Å². The normalized spacial score (nSPS) is 47.3. The number of rotatable bonds is 3. The number of sulfonamides is 1. The van der Waals surface area contributed by atoms with E-state index in [2.05, 4.69) is 40.7 Å². The Morgan fingerprint density at radius 3 is 2.20 bits per heavy atom. The number of allylic oxidation sites excluding steroid dienone is 3. The van der Waals surface area contributed by atoms with Gasteiger partial charge in [0.05, 0.1) is 11.8 Å². The lowest BCUT2D eigenvalue weighted by Crippen LogP contribution is -2.74. The summed E-state index contributed by atoms with van der Waals surface area (Å²) < 4.78 is 26.0. The molecular weight excluding hydrogens is 536 g/mol. The summed E-state index contributed by atoms with van der Waals surface area (Å²) in [6, 6.07) is 2.14. The second-order valence-corrected chi connectivity index (χ2v) is 18.3. The number of nitriles is 1. The summed E-state index contributed by atoms with van der Waals surface area (Å²) >= 11 is 0. The largest absolute Gasteiger partial charge is 0.381 e. The Morgan fingerprint density at radius 1 is 1.00 bits per heavy atom. The topological polar surface area (TPSA) is 116 Å². The van der Waals surface area contributed by atoms with Crippen LogP contribution in [0.2, 0.25) is 0 Å². The van der Waals surface area contributed by atoms with Gasteiger partial charge in [0.15, 0.2) is 11.6 Å². The maximum atomic E-state index is 14.6. The van der Waals surface area contributed by atoms with Gasteiger partial charge < -0.3 is 5.11 Å². The van der Waals surface area contributed by atoms with E-state index in [1.54, 1.807) is 13.1 Å². The van der Waals surface area contributed by atoms with Gasteiger partial charge in [0, 0.05) is 35.8 Å². The zero-order chi connectivity index (χ0) is 30.8. The molecule has 7 nitrogen and oxygen atoms in total. The molecule has 5 aliphatic rings. The molecule has 0 radical (unpaired) electrons. The molecule has 5 aliphatic carbocycles. The SMILES string of the molecule is CN(C[C@@]1(C)CC[C@]2(C)CC[C@@]3(C)[C@]4(C)CC[C@H]5C(C)(C)C(=O)C(C#N)=C[C@]5(C)C4=CC(=O)[C@]3(O)[C@@H]2C1)S(C)(=O)=O. The van der Waals surface area contributed by atoms with E-state index in [4.69, 9.17) is 0 Å². The van der Waals surface area contributed by atoms with Crippen molar-refractivity contribution in [2.75, 3.05) is 19.8 Å². The zero-order valence-electron chi connectivity index (χ0n) is 26.3. The molecule has 0 unspecified atom stereocenters. The summed E-state index contributed by atoms with van der Waals surface area (Å²) in [6.07, 6.45) is 10.1. The molecule has 0 saturated heterocycles. The van der Waals surface area contributed by atoms with Crippen LogP contribution in [0.1, 0.15) is 93.4 Å². The molecule has 3 fully saturated rings. The molecule has 0 spiro atoms. The van der Waals surface area contributed by atoms with Crippen molar-refractivity contribution in [3.63, 3.8) is 0 Å². The zero-order valence-corrected chi connectivity index (χ0v) is 27.2. The Bertz CT molecular complexity index is 1440. The molecule has 1 N–H and O–H groups in total. The molecule has 0 aromatic rings. The fourth-order valence-electron chi connectivity index (χ4n) is 10.6. The van der Waals surface area contributed by atoms with Crippen LogP contribution in [0, 0.1) is 55.7 Å². The number of fused-ring (bicyclic) bond motifs is 7. The number of hydrogen-bond acceptors (Lipinski definition) is 6. The van der Waals surface area contributed by atoms with Crippen molar-refractivity contribution in [1.82, 2.24) is 4.31 Å². The van der Waals surface area contributed by atoms with E-state index in [-0.39, 0.29) is 39.8 Å². The van der Waals surface area contributed by atoms with Gasteiger partial charge in [0.25, 0.3) is 0 Å². The minimum Gasteiger partial charge on any atom is -0.381 e. The van der Waals surface area contributed by atoms with Crippen LogP contribution in [-0.4, -0.2) is 54.8 Å². The summed E-state index contributed by atoms with van der Waals surface area (Å²) in [4.78, 5) is 27.8. The van der Waals surface area contributed by atoms with Crippen molar-refractivity contribution in [1.29, 1.82) is 5.26 Å². The highest BCUT2D eigenvalue weighted by Gasteiger charge is 2.75. The minimum atomic E-state index is -3.37. The van der Waals surface area contributed by atoms with Gasteiger partial charge >= 0.3 is 0 Å². The van der Waals surface area contributed by atoms with Crippen LogP contribution in [0.3, 0.4) is 0 Å². The first-order chi connectivity index (χ1) is 18.6. The van der Waals surface area contributed by atoms with Gasteiger partial charge in [-0.05, 0) is 78.8 Å². The van der Waals surface area contributed by atoms with Gasteiger partial charge in [0.2, 0.25) is 10.0 Å². The van der Waals surface area contributed by atoms with Gasteiger partial charge in [-0.2, -0.15) is 5.26 Å². The predicted molar refractivity (Wildman–Crippen MR) is 158 cm³/mol. The standard InChI is InChI=1S/C33H48N2O5S/c1-27(2)22-10-11-31(6)23(30(22,5)17-21(19-34)26(27)37)16-25(36)33(38)24-18-28(3,20-35(8)41(9,39)40)12-13-29(24,4)14-15-32(31,33)7/h16-17,22,24,38H,10-15,18,20H2,1-9H3/t22-,24+,28-,29+,30-,31+,32-,33+/m0/s1. The molecule has 8 atom stereocenters. The molecule has 0 aromatic heterocycles. The third kappa shape index (κ3) is 3.77. The second kappa shape index (κ2) is 8.64. The Hall–Kier alpha value is -1.82. The molecule has 226 valence electrons. The van der Waals surface area contributed by atoms with E-state index in [0.29, 0.717) is 19.4 Å². The predicted octanol–water partition coefficient (Wildman–Crippen LogP) is 5.21. The second-order valence-electron chi connectivity index (χ2n) is 16.2. The number of Topliss-reactive ketones (excluding diaryl/α,β-unsaturated/α-hetero) is 1. The van der Waals surface area contributed by atoms with E-state index < -0.39 is 37.3 Å². The molecule has 0 heterocycles. The molecule has 0 aromatic carbocycles. The summed E-state index contributed by atoms with van der Waals surface area (Å²) in [5.41, 5.74) is -3.77. The van der Waals surface area contributed by atoms with E-state index in [9.17, 15) is 28.4 Å². The van der Waals surface area contributed by atoms with Gasteiger partial charge in [-0.1, -0.05) is 54.5 Å². The van der Waals surface area contributed by atoms with Crippen molar-refractivity contribution in [3.8, 4) is 6.07 Å². The third-order valence-electron chi connectivity index (χ3n) is 13.5. The summed E-state index contributed by atoms with van der Waals surface area (Å²) in [5, 5.41) is 22.9. The summed E-state index contributed by atoms with van der Waals surface area (Å²) in [6.45, 7) is 14.9.